The fourth-order valence-corrected chi connectivity index (χ4v) is 4.86. The lowest BCUT2D eigenvalue weighted by Crippen LogP contribution is -2.52. The first kappa shape index (κ1) is 23.2. The summed E-state index contributed by atoms with van der Waals surface area (Å²) < 4.78 is 39.7. The molecule has 0 saturated carbocycles. The van der Waals surface area contributed by atoms with Gasteiger partial charge in [-0.25, -0.2) is 22.4 Å². The average molecular weight is 431 g/mol. The van der Waals surface area contributed by atoms with E-state index in [1.54, 1.807) is 0 Å². The molecule has 9 nitrogen and oxygen atoms in total. The van der Waals surface area contributed by atoms with Crippen LogP contribution in [-0.4, -0.2) is 97.0 Å². The third-order valence-electron chi connectivity index (χ3n) is 5.11. The van der Waals surface area contributed by atoms with E-state index < -0.39 is 27.8 Å². The number of rotatable bonds is 3. The van der Waals surface area contributed by atoms with E-state index in [0.29, 0.717) is 19.1 Å². The SMILES string of the molecule is CN1CCN(C2CCN(S(=O)(=O)c3ccc(F)cc3)CC2)CC1.O=C(O)C(=O)O. The Morgan fingerprint density at radius 3 is 1.86 bits per heavy atom. The van der Waals surface area contributed by atoms with E-state index in [0.717, 1.165) is 39.0 Å². The van der Waals surface area contributed by atoms with E-state index in [9.17, 15) is 12.8 Å². The number of halogens is 1. The predicted molar refractivity (Wildman–Crippen MR) is 103 cm³/mol. The summed E-state index contributed by atoms with van der Waals surface area (Å²) in [6.45, 7) is 5.35. The van der Waals surface area contributed by atoms with Crippen LogP contribution in [0.2, 0.25) is 0 Å². The van der Waals surface area contributed by atoms with Gasteiger partial charge in [0, 0.05) is 45.3 Å². The molecule has 11 heteroatoms. The van der Waals surface area contributed by atoms with Crippen molar-refractivity contribution >= 4 is 22.0 Å². The van der Waals surface area contributed by atoms with Crippen molar-refractivity contribution < 1.29 is 32.6 Å². The van der Waals surface area contributed by atoms with Crippen LogP contribution < -0.4 is 0 Å². The van der Waals surface area contributed by atoms with Gasteiger partial charge in [-0.05, 0) is 44.2 Å². The minimum atomic E-state index is -3.50. The third kappa shape index (κ3) is 6.46. The van der Waals surface area contributed by atoms with Crippen LogP contribution in [0.15, 0.2) is 29.2 Å². The molecular formula is C18H26FN3O6S. The molecule has 2 aliphatic heterocycles. The Morgan fingerprint density at radius 2 is 1.41 bits per heavy atom. The van der Waals surface area contributed by atoms with Crippen LogP contribution >= 0.6 is 0 Å². The lowest BCUT2D eigenvalue weighted by atomic mass is 10.0. The van der Waals surface area contributed by atoms with Crippen molar-refractivity contribution in [3.8, 4) is 0 Å². The van der Waals surface area contributed by atoms with Gasteiger partial charge >= 0.3 is 11.9 Å². The first-order valence-electron chi connectivity index (χ1n) is 9.26. The Bertz CT molecular complexity index is 789. The number of benzene rings is 1. The van der Waals surface area contributed by atoms with E-state index in [1.165, 1.54) is 28.6 Å². The smallest absolute Gasteiger partial charge is 0.414 e. The lowest BCUT2D eigenvalue weighted by Gasteiger charge is -2.41. The number of hydrogen-bond donors (Lipinski definition) is 2. The zero-order chi connectivity index (χ0) is 21.6. The number of piperazine rings is 1. The van der Waals surface area contributed by atoms with Crippen molar-refractivity contribution in [2.75, 3.05) is 46.3 Å². The first-order valence-corrected chi connectivity index (χ1v) is 10.7. The van der Waals surface area contributed by atoms with Gasteiger partial charge in [0.25, 0.3) is 0 Å². The molecule has 0 bridgehead atoms. The van der Waals surface area contributed by atoms with Crippen LogP contribution in [0.3, 0.4) is 0 Å². The van der Waals surface area contributed by atoms with Crippen LogP contribution in [0.5, 0.6) is 0 Å². The van der Waals surface area contributed by atoms with Crippen LogP contribution in [0.1, 0.15) is 12.8 Å². The molecule has 1 aromatic rings. The Hall–Kier alpha value is -2.08. The first-order chi connectivity index (χ1) is 13.6. The molecule has 1 aromatic carbocycles. The zero-order valence-corrected chi connectivity index (χ0v) is 17.0. The summed E-state index contributed by atoms with van der Waals surface area (Å²) in [5, 5.41) is 14.8. The van der Waals surface area contributed by atoms with E-state index in [2.05, 4.69) is 16.8 Å². The summed E-state index contributed by atoms with van der Waals surface area (Å²) in [6.07, 6.45) is 1.73. The van der Waals surface area contributed by atoms with Crippen molar-refractivity contribution in [2.45, 2.75) is 23.8 Å². The molecule has 0 radical (unpaired) electrons. The van der Waals surface area contributed by atoms with E-state index in [-0.39, 0.29) is 4.90 Å². The van der Waals surface area contributed by atoms with Gasteiger partial charge in [-0.3, -0.25) is 4.90 Å². The number of aliphatic carboxylic acids is 2. The summed E-state index contributed by atoms with van der Waals surface area (Å²) in [4.78, 5) is 23.2. The molecule has 0 amide bonds. The number of nitrogens with zero attached hydrogens (tertiary/aromatic N) is 3. The minimum Gasteiger partial charge on any atom is -0.473 e. The molecule has 0 unspecified atom stereocenters. The number of carboxylic acid groups (broad SMARTS) is 2. The normalized spacial score (nSPS) is 19.9. The molecular weight excluding hydrogens is 405 g/mol. The van der Waals surface area contributed by atoms with Gasteiger partial charge in [-0.15, -0.1) is 0 Å². The maximum atomic E-state index is 13.0. The highest BCUT2D eigenvalue weighted by molar-refractivity contribution is 7.89. The summed E-state index contributed by atoms with van der Waals surface area (Å²) in [6, 6.07) is 5.56. The van der Waals surface area contributed by atoms with Crippen LogP contribution in [0.25, 0.3) is 0 Å². The van der Waals surface area contributed by atoms with E-state index in [4.69, 9.17) is 19.8 Å². The fraction of sp³-hybridized carbons (Fsp3) is 0.556. The fourth-order valence-electron chi connectivity index (χ4n) is 3.39. The second kappa shape index (κ2) is 10.1. The van der Waals surface area contributed by atoms with Gasteiger partial charge in [0.1, 0.15) is 5.82 Å². The number of likely N-dealkylation sites (N-methyl/N-ethyl adjacent to an activating group) is 1. The molecule has 162 valence electrons. The summed E-state index contributed by atoms with van der Waals surface area (Å²) in [7, 11) is -1.37. The molecule has 2 heterocycles. The summed E-state index contributed by atoms with van der Waals surface area (Å²) in [5.41, 5.74) is 0. The molecule has 0 spiro atoms. The summed E-state index contributed by atoms with van der Waals surface area (Å²) in [5.74, 6) is -4.07. The molecule has 0 aromatic heterocycles. The van der Waals surface area contributed by atoms with Gasteiger partial charge in [0.2, 0.25) is 10.0 Å². The zero-order valence-electron chi connectivity index (χ0n) is 16.2. The van der Waals surface area contributed by atoms with Gasteiger partial charge in [0.15, 0.2) is 0 Å². The Labute approximate surface area is 169 Å². The predicted octanol–water partition coefficient (Wildman–Crippen LogP) is 0.382. The maximum absolute atomic E-state index is 13.0. The van der Waals surface area contributed by atoms with Gasteiger partial charge < -0.3 is 15.1 Å². The van der Waals surface area contributed by atoms with E-state index >= 15 is 0 Å². The van der Waals surface area contributed by atoms with Crippen molar-refractivity contribution in [3.05, 3.63) is 30.1 Å². The number of piperidine rings is 1. The quantitative estimate of drug-likeness (QED) is 0.660. The highest BCUT2D eigenvalue weighted by Crippen LogP contribution is 2.24. The van der Waals surface area contributed by atoms with Crippen molar-refractivity contribution in [3.63, 3.8) is 0 Å². The molecule has 2 saturated heterocycles. The molecule has 0 atom stereocenters. The number of carboxylic acids is 2. The lowest BCUT2D eigenvalue weighted by molar-refractivity contribution is -0.159. The van der Waals surface area contributed by atoms with Crippen LogP contribution in [0, 0.1) is 5.82 Å². The second-order valence-electron chi connectivity index (χ2n) is 7.04. The number of hydrogen-bond acceptors (Lipinski definition) is 6. The highest BCUT2D eigenvalue weighted by atomic mass is 32.2. The van der Waals surface area contributed by atoms with Crippen molar-refractivity contribution in [2.24, 2.45) is 0 Å². The largest absolute Gasteiger partial charge is 0.473 e. The molecule has 3 rings (SSSR count). The standard InChI is InChI=1S/C16H24FN3O2S.C2H2O4/c1-18-10-12-19(13-11-18)15-6-8-20(9-7-15)23(21,22)16-4-2-14(17)3-5-16;3-1(4)2(5)6/h2-5,15H,6-13H2,1H3;(H,3,4)(H,5,6). The number of sulfonamides is 1. The minimum absolute atomic E-state index is 0.178. The number of carbonyl (C=O) groups is 2. The van der Waals surface area contributed by atoms with Crippen molar-refractivity contribution in [1.29, 1.82) is 0 Å². The Balaban J connectivity index is 0.000000438. The molecule has 2 fully saturated rings. The monoisotopic (exact) mass is 431 g/mol. The average Bonchev–Trinajstić information content (AvgIpc) is 2.69. The van der Waals surface area contributed by atoms with Gasteiger partial charge in [-0.2, -0.15) is 4.31 Å². The molecule has 2 N–H and O–H groups in total. The highest BCUT2D eigenvalue weighted by Gasteiger charge is 2.32. The molecule has 29 heavy (non-hydrogen) atoms. The molecule has 2 aliphatic rings. The Morgan fingerprint density at radius 1 is 0.931 bits per heavy atom. The third-order valence-corrected chi connectivity index (χ3v) is 7.02. The van der Waals surface area contributed by atoms with Gasteiger partial charge in [-0.1, -0.05) is 0 Å². The topological polar surface area (TPSA) is 118 Å². The van der Waals surface area contributed by atoms with E-state index in [1.807, 2.05) is 0 Å². The van der Waals surface area contributed by atoms with Crippen molar-refractivity contribution in [1.82, 2.24) is 14.1 Å². The van der Waals surface area contributed by atoms with Gasteiger partial charge in [0.05, 0.1) is 4.90 Å². The molecule has 0 aliphatic carbocycles. The van der Waals surface area contributed by atoms with Crippen LogP contribution in [0.4, 0.5) is 4.39 Å². The van der Waals surface area contributed by atoms with Crippen LogP contribution in [-0.2, 0) is 19.6 Å². The second-order valence-corrected chi connectivity index (χ2v) is 8.98. The maximum Gasteiger partial charge on any atom is 0.414 e. The summed E-state index contributed by atoms with van der Waals surface area (Å²) >= 11 is 0. The Kier molecular flexibility index (Phi) is 8.08.